The normalized spacial score (nSPS) is 12.1. The first-order valence-corrected chi connectivity index (χ1v) is 6.56. The van der Waals surface area contributed by atoms with Gasteiger partial charge in [-0.05, 0) is 5.56 Å². The fourth-order valence-corrected chi connectivity index (χ4v) is 1.85. The van der Waals surface area contributed by atoms with Gasteiger partial charge >= 0.3 is 0 Å². The number of benzene rings is 1. The van der Waals surface area contributed by atoms with E-state index in [-0.39, 0.29) is 5.91 Å². The number of rotatable bonds is 6. The Labute approximate surface area is 117 Å². The molecule has 2 N–H and O–H groups in total. The monoisotopic (exact) mass is 274 g/mol. The van der Waals surface area contributed by atoms with E-state index in [0.29, 0.717) is 24.7 Å². The predicted molar refractivity (Wildman–Crippen MR) is 73.8 cm³/mol. The lowest BCUT2D eigenvalue weighted by molar-refractivity contribution is -0.122. The van der Waals surface area contributed by atoms with E-state index in [1.54, 1.807) is 7.05 Å². The Hall–Kier alpha value is -2.21. The van der Waals surface area contributed by atoms with Gasteiger partial charge in [-0.25, -0.2) is 0 Å². The summed E-state index contributed by atoms with van der Waals surface area (Å²) in [4.78, 5) is 16.2. The molecule has 1 amide bonds. The van der Waals surface area contributed by atoms with Gasteiger partial charge in [0.1, 0.15) is 6.04 Å². The van der Waals surface area contributed by atoms with Crippen molar-refractivity contribution in [3.63, 3.8) is 0 Å². The van der Waals surface area contributed by atoms with E-state index < -0.39 is 6.04 Å². The van der Waals surface area contributed by atoms with E-state index in [1.807, 2.05) is 37.3 Å². The van der Waals surface area contributed by atoms with Crippen LogP contribution in [0.3, 0.4) is 0 Å². The average molecular weight is 274 g/mol. The van der Waals surface area contributed by atoms with Crippen LogP contribution in [0.1, 0.15) is 30.2 Å². The third kappa shape index (κ3) is 3.42. The molecule has 0 spiro atoms. The first-order chi connectivity index (χ1) is 9.74. The van der Waals surface area contributed by atoms with Crippen molar-refractivity contribution in [3.8, 4) is 0 Å². The summed E-state index contributed by atoms with van der Waals surface area (Å²) in [7, 11) is 1.61. The number of likely N-dealkylation sites (N-methyl/N-ethyl adjacent to an activating group) is 1. The fraction of sp³-hybridized carbons (Fsp3) is 0.357. The molecule has 1 aromatic heterocycles. The van der Waals surface area contributed by atoms with Gasteiger partial charge in [-0.2, -0.15) is 4.98 Å². The van der Waals surface area contributed by atoms with Crippen LogP contribution in [0.25, 0.3) is 0 Å². The van der Waals surface area contributed by atoms with Crippen molar-refractivity contribution in [2.24, 2.45) is 0 Å². The van der Waals surface area contributed by atoms with Crippen LogP contribution in [0.4, 0.5) is 0 Å². The molecule has 1 heterocycles. The maximum atomic E-state index is 12.0. The van der Waals surface area contributed by atoms with Crippen molar-refractivity contribution < 1.29 is 9.32 Å². The number of nitrogens with zero attached hydrogens (tertiary/aromatic N) is 2. The predicted octanol–water partition coefficient (Wildman–Crippen LogP) is 1.21. The molecule has 0 aliphatic carbocycles. The summed E-state index contributed by atoms with van der Waals surface area (Å²) in [6.07, 6.45) is 0.699. The maximum absolute atomic E-state index is 12.0. The SMILES string of the molecule is CCc1nc(CNC(C(=O)NC)c2ccccc2)no1. The second-order valence-corrected chi connectivity index (χ2v) is 4.30. The molecule has 2 aromatic rings. The first-order valence-electron chi connectivity index (χ1n) is 6.56. The second-order valence-electron chi connectivity index (χ2n) is 4.30. The van der Waals surface area contributed by atoms with Crippen molar-refractivity contribution in [3.05, 3.63) is 47.6 Å². The van der Waals surface area contributed by atoms with Gasteiger partial charge in [-0.3, -0.25) is 10.1 Å². The maximum Gasteiger partial charge on any atom is 0.241 e. The first kappa shape index (κ1) is 14.2. The number of hydrogen-bond donors (Lipinski definition) is 2. The second kappa shape index (κ2) is 6.81. The van der Waals surface area contributed by atoms with Crippen LogP contribution < -0.4 is 10.6 Å². The van der Waals surface area contributed by atoms with Crippen molar-refractivity contribution in [2.45, 2.75) is 25.9 Å². The average Bonchev–Trinajstić information content (AvgIpc) is 2.96. The molecular formula is C14H18N4O2. The molecule has 0 saturated carbocycles. The van der Waals surface area contributed by atoms with Gasteiger partial charge in [0.15, 0.2) is 5.82 Å². The number of aryl methyl sites for hydroxylation is 1. The van der Waals surface area contributed by atoms with Crippen molar-refractivity contribution in [1.29, 1.82) is 0 Å². The molecule has 1 unspecified atom stereocenters. The molecule has 6 heteroatoms. The highest BCUT2D eigenvalue weighted by Crippen LogP contribution is 2.13. The van der Waals surface area contributed by atoms with Crippen LogP contribution in [0.15, 0.2) is 34.9 Å². The summed E-state index contributed by atoms with van der Waals surface area (Å²) in [5.74, 6) is 1.04. The summed E-state index contributed by atoms with van der Waals surface area (Å²) in [6.45, 7) is 2.32. The Balaban J connectivity index is 2.07. The highest BCUT2D eigenvalue weighted by Gasteiger charge is 2.19. The van der Waals surface area contributed by atoms with Crippen LogP contribution in [-0.2, 0) is 17.8 Å². The van der Waals surface area contributed by atoms with Crippen molar-refractivity contribution >= 4 is 5.91 Å². The summed E-state index contributed by atoms with van der Waals surface area (Å²) < 4.78 is 5.04. The largest absolute Gasteiger partial charge is 0.358 e. The number of aromatic nitrogens is 2. The minimum Gasteiger partial charge on any atom is -0.358 e. The Bertz CT molecular complexity index is 553. The standard InChI is InChI=1S/C14H18N4O2/c1-3-12-17-11(18-20-12)9-16-13(14(19)15-2)10-7-5-4-6-8-10/h4-8,13,16H,3,9H2,1-2H3,(H,15,19). The molecule has 0 saturated heterocycles. The lowest BCUT2D eigenvalue weighted by Crippen LogP contribution is -2.35. The summed E-state index contributed by atoms with van der Waals surface area (Å²) in [5, 5.41) is 9.65. The molecule has 0 radical (unpaired) electrons. The van der Waals surface area contributed by atoms with E-state index in [0.717, 1.165) is 5.56 Å². The van der Waals surface area contributed by atoms with Crippen LogP contribution in [0.2, 0.25) is 0 Å². The van der Waals surface area contributed by atoms with E-state index in [1.165, 1.54) is 0 Å². The van der Waals surface area contributed by atoms with Crippen LogP contribution in [-0.4, -0.2) is 23.1 Å². The van der Waals surface area contributed by atoms with E-state index in [9.17, 15) is 4.79 Å². The van der Waals surface area contributed by atoms with Crippen molar-refractivity contribution in [2.75, 3.05) is 7.05 Å². The smallest absolute Gasteiger partial charge is 0.241 e. The zero-order chi connectivity index (χ0) is 14.4. The number of carbonyl (C=O) groups excluding carboxylic acids is 1. The molecule has 20 heavy (non-hydrogen) atoms. The molecular weight excluding hydrogens is 256 g/mol. The zero-order valence-electron chi connectivity index (χ0n) is 11.6. The van der Waals surface area contributed by atoms with E-state index in [4.69, 9.17) is 4.52 Å². The molecule has 0 fully saturated rings. The number of amides is 1. The number of carbonyl (C=O) groups is 1. The molecule has 6 nitrogen and oxygen atoms in total. The van der Waals surface area contributed by atoms with Gasteiger partial charge in [0.25, 0.3) is 0 Å². The van der Waals surface area contributed by atoms with E-state index in [2.05, 4.69) is 20.8 Å². The van der Waals surface area contributed by atoms with Gasteiger partial charge in [-0.15, -0.1) is 0 Å². The lowest BCUT2D eigenvalue weighted by atomic mass is 10.1. The number of nitrogens with one attached hydrogen (secondary N) is 2. The summed E-state index contributed by atoms with van der Waals surface area (Å²) >= 11 is 0. The van der Waals surface area contributed by atoms with Gasteiger partial charge in [-0.1, -0.05) is 42.4 Å². The summed E-state index contributed by atoms with van der Waals surface area (Å²) in [5.41, 5.74) is 0.894. The molecule has 0 aliphatic heterocycles. The quantitative estimate of drug-likeness (QED) is 0.827. The van der Waals surface area contributed by atoms with Crippen LogP contribution in [0, 0.1) is 0 Å². The minimum atomic E-state index is -0.440. The van der Waals surface area contributed by atoms with Gasteiger partial charge in [0.05, 0.1) is 6.54 Å². The lowest BCUT2D eigenvalue weighted by Gasteiger charge is -2.16. The minimum absolute atomic E-state index is 0.101. The van der Waals surface area contributed by atoms with Gasteiger partial charge in [0, 0.05) is 13.5 Å². The van der Waals surface area contributed by atoms with Crippen LogP contribution in [0.5, 0.6) is 0 Å². The summed E-state index contributed by atoms with van der Waals surface area (Å²) in [6, 6.07) is 9.08. The molecule has 2 rings (SSSR count). The molecule has 0 bridgehead atoms. The third-order valence-electron chi connectivity index (χ3n) is 2.92. The molecule has 1 atom stereocenters. The Morgan fingerprint density at radius 2 is 2.10 bits per heavy atom. The third-order valence-corrected chi connectivity index (χ3v) is 2.92. The highest BCUT2D eigenvalue weighted by atomic mass is 16.5. The Morgan fingerprint density at radius 1 is 1.35 bits per heavy atom. The van der Waals surface area contributed by atoms with Crippen molar-refractivity contribution in [1.82, 2.24) is 20.8 Å². The van der Waals surface area contributed by atoms with Crippen LogP contribution >= 0.6 is 0 Å². The fourth-order valence-electron chi connectivity index (χ4n) is 1.85. The zero-order valence-corrected chi connectivity index (χ0v) is 11.6. The molecule has 106 valence electrons. The molecule has 0 aliphatic rings. The Morgan fingerprint density at radius 3 is 2.70 bits per heavy atom. The highest BCUT2D eigenvalue weighted by molar-refractivity contribution is 5.82. The van der Waals surface area contributed by atoms with Gasteiger partial charge in [0.2, 0.25) is 11.8 Å². The number of hydrogen-bond acceptors (Lipinski definition) is 5. The van der Waals surface area contributed by atoms with Gasteiger partial charge < -0.3 is 9.84 Å². The molecule has 1 aromatic carbocycles. The van der Waals surface area contributed by atoms with E-state index >= 15 is 0 Å². The Kier molecular flexibility index (Phi) is 4.84. The topological polar surface area (TPSA) is 80.0 Å².